The fraction of sp³-hybridized carbons (Fsp3) is 1.00. The van der Waals surface area contributed by atoms with Crippen molar-refractivity contribution in [2.24, 2.45) is 11.8 Å². The van der Waals surface area contributed by atoms with Gasteiger partial charge in [0.2, 0.25) is 0 Å². The van der Waals surface area contributed by atoms with Crippen LogP contribution in [-0.4, -0.2) is 4.83 Å². The van der Waals surface area contributed by atoms with E-state index in [2.05, 4.69) is 15.9 Å². The fourth-order valence-electron chi connectivity index (χ4n) is 3.33. The molecule has 14 heavy (non-hydrogen) atoms. The van der Waals surface area contributed by atoms with Crippen molar-refractivity contribution in [3.63, 3.8) is 0 Å². The summed E-state index contributed by atoms with van der Waals surface area (Å²) in [5.41, 5.74) is 0. The Kier molecular flexibility index (Phi) is 4.34. The third-order valence-electron chi connectivity index (χ3n) is 4.11. The zero-order valence-electron chi connectivity index (χ0n) is 9.18. The van der Waals surface area contributed by atoms with Crippen LogP contribution >= 0.6 is 15.9 Å². The molecule has 0 nitrogen and oxygen atoms in total. The minimum atomic E-state index is 0.830. The summed E-state index contributed by atoms with van der Waals surface area (Å²) in [6, 6.07) is 0. The lowest BCUT2D eigenvalue weighted by molar-refractivity contribution is 0.346. The van der Waals surface area contributed by atoms with Crippen molar-refractivity contribution < 1.29 is 0 Å². The molecule has 0 spiro atoms. The van der Waals surface area contributed by atoms with E-state index in [9.17, 15) is 0 Å². The lowest BCUT2D eigenvalue weighted by Crippen LogP contribution is -2.09. The normalized spacial score (nSPS) is 35.8. The largest absolute Gasteiger partial charge is 0.0891 e. The third kappa shape index (κ3) is 3.25. The van der Waals surface area contributed by atoms with Crippen LogP contribution in [0.5, 0.6) is 0 Å². The quantitative estimate of drug-likeness (QED) is 0.488. The van der Waals surface area contributed by atoms with E-state index in [1.54, 1.807) is 6.42 Å². The van der Waals surface area contributed by atoms with Gasteiger partial charge < -0.3 is 0 Å². The van der Waals surface area contributed by atoms with Gasteiger partial charge in [-0.15, -0.1) is 0 Å². The van der Waals surface area contributed by atoms with Crippen LogP contribution in [0.25, 0.3) is 0 Å². The highest BCUT2D eigenvalue weighted by Gasteiger charge is 2.23. The molecular weight excluding hydrogens is 236 g/mol. The van der Waals surface area contributed by atoms with Crippen molar-refractivity contribution >= 4 is 15.9 Å². The first-order chi connectivity index (χ1) is 6.84. The molecule has 2 atom stereocenters. The number of halogens is 1. The van der Waals surface area contributed by atoms with Gasteiger partial charge in [0.15, 0.2) is 0 Å². The molecule has 2 fully saturated rings. The summed E-state index contributed by atoms with van der Waals surface area (Å²) in [6.07, 6.45) is 15.0. The van der Waals surface area contributed by atoms with Gasteiger partial charge in [0.05, 0.1) is 0 Å². The molecule has 0 aliphatic heterocycles. The van der Waals surface area contributed by atoms with E-state index in [1.165, 1.54) is 57.8 Å². The van der Waals surface area contributed by atoms with Crippen molar-refractivity contribution in [3.05, 3.63) is 0 Å². The SMILES string of the molecule is BrC1CCCCC(CC2CCCC2)C1. The van der Waals surface area contributed by atoms with E-state index < -0.39 is 0 Å². The Morgan fingerprint density at radius 3 is 2.07 bits per heavy atom. The van der Waals surface area contributed by atoms with Crippen LogP contribution in [-0.2, 0) is 0 Å². The average molecular weight is 259 g/mol. The highest BCUT2D eigenvalue weighted by molar-refractivity contribution is 9.09. The fourth-order valence-corrected chi connectivity index (χ4v) is 4.18. The summed E-state index contributed by atoms with van der Waals surface area (Å²) in [6.45, 7) is 0. The Morgan fingerprint density at radius 1 is 0.786 bits per heavy atom. The van der Waals surface area contributed by atoms with Gasteiger partial charge >= 0.3 is 0 Å². The molecule has 0 radical (unpaired) electrons. The average Bonchev–Trinajstić information content (AvgIpc) is 2.56. The van der Waals surface area contributed by atoms with Gasteiger partial charge in [-0.05, 0) is 31.1 Å². The maximum Gasteiger partial charge on any atom is 0.0148 e. The van der Waals surface area contributed by atoms with Gasteiger partial charge in [0.1, 0.15) is 0 Å². The van der Waals surface area contributed by atoms with Crippen LogP contribution < -0.4 is 0 Å². The molecule has 2 aliphatic rings. The van der Waals surface area contributed by atoms with Crippen molar-refractivity contribution in [1.82, 2.24) is 0 Å². The number of rotatable bonds is 2. The molecule has 2 unspecified atom stereocenters. The Morgan fingerprint density at radius 2 is 1.36 bits per heavy atom. The molecule has 82 valence electrons. The molecule has 0 aromatic heterocycles. The lowest BCUT2D eigenvalue weighted by atomic mass is 9.88. The number of alkyl halides is 1. The first-order valence-corrected chi connectivity index (χ1v) is 7.40. The second kappa shape index (κ2) is 5.53. The van der Waals surface area contributed by atoms with Gasteiger partial charge in [0, 0.05) is 4.83 Å². The highest BCUT2D eigenvalue weighted by atomic mass is 79.9. The minimum absolute atomic E-state index is 0.830. The van der Waals surface area contributed by atoms with Crippen molar-refractivity contribution in [2.45, 2.75) is 69.0 Å². The summed E-state index contributed by atoms with van der Waals surface area (Å²) >= 11 is 3.83. The highest BCUT2D eigenvalue weighted by Crippen LogP contribution is 2.36. The minimum Gasteiger partial charge on any atom is -0.0891 e. The molecule has 0 aromatic rings. The van der Waals surface area contributed by atoms with Crippen LogP contribution in [0.1, 0.15) is 64.2 Å². The molecule has 2 saturated carbocycles. The van der Waals surface area contributed by atoms with E-state index in [-0.39, 0.29) is 0 Å². The molecule has 0 aromatic carbocycles. The molecule has 2 aliphatic carbocycles. The summed E-state index contributed by atoms with van der Waals surface area (Å²) in [7, 11) is 0. The van der Waals surface area contributed by atoms with E-state index in [1.807, 2.05) is 0 Å². The standard InChI is InChI=1S/C13H23Br/c14-13-8-4-3-7-12(10-13)9-11-5-1-2-6-11/h11-13H,1-10H2. The van der Waals surface area contributed by atoms with Gasteiger partial charge in [-0.1, -0.05) is 60.9 Å². The predicted octanol–water partition coefficient (Wildman–Crippen LogP) is 4.91. The maximum absolute atomic E-state index is 3.83. The number of hydrogen-bond donors (Lipinski definition) is 0. The smallest absolute Gasteiger partial charge is 0.0148 e. The van der Waals surface area contributed by atoms with E-state index >= 15 is 0 Å². The molecule has 0 bridgehead atoms. The second-order valence-electron chi connectivity index (χ2n) is 5.37. The zero-order valence-corrected chi connectivity index (χ0v) is 10.8. The molecular formula is C13H23Br. The number of hydrogen-bond acceptors (Lipinski definition) is 0. The van der Waals surface area contributed by atoms with Gasteiger partial charge in [-0.25, -0.2) is 0 Å². The topological polar surface area (TPSA) is 0 Å². The molecule has 0 saturated heterocycles. The van der Waals surface area contributed by atoms with Crippen LogP contribution in [0.2, 0.25) is 0 Å². The molecule has 1 heteroatoms. The van der Waals surface area contributed by atoms with E-state index in [4.69, 9.17) is 0 Å². The Labute approximate surface area is 97.0 Å². The Hall–Kier alpha value is 0.480. The van der Waals surface area contributed by atoms with E-state index in [0.29, 0.717) is 0 Å². The lowest BCUT2D eigenvalue weighted by Gasteiger charge is -2.19. The summed E-state index contributed by atoms with van der Waals surface area (Å²) in [5, 5.41) is 0. The first kappa shape index (κ1) is 11.0. The van der Waals surface area contributed by atoms with Gasteiger partial charge in [-0.2, -0.15) is 0 Å². The van der Waals surface area contributed by atoms with Crippen LogP contribution in [0, 0.1) is 11.8 Å². The van der Waals surface area contributed by atoms with Crippen molar-refractivity contribution in [2.75, 3.05) is 0 Å². The van der Waals surface area contributed by atoms with Gasteiger partial charge in [0.25, 0.3) is 0 Å². The monoisotopic (exact) mass is 258 g/mol. The summed E-state index contributed by atoms with van der Waals surface area (Å²) in [5.74, 6) is 2.14. The van der Waals surface area contributed by atoms with Gasteiger partial charge in [-0.3, -0.25) is 0 Å². The second-order valence-corrected chi connectivity index (χ2v) is 6.66. The van der Waals surface area contributed by atoms with Crippen molar-refractivity contribution in [1.29, 1.82) is 0 Å². The summed E-state index contributed by atoms with van der Waals surface area (Å²) < 4.78 is 0. The molecule has 0 heterocycles. The van der Waals surface area contributed by atoms with E-state index in [0.717, 1.165) is 16.7 Å². The zero-order chi connectivity index (χ0) is 9.80. The van der Waals surface area contributed by atoms with Crippen molar-refractivity contribution in [3.8, 4) is 0 Å². The predicted molar refractivity (Wildman–Crippen MR) is 65.9 cm³/mol. The van der Waals surface area contributed by atoms with Crippen LogP contribution in [0.15, 0.2) is 0 Å². The molecule has 0 N–H and O–H groups in total. The van der Waals surface area contributed by atoms with Crippen LogP contribution in [0.4, 0.5) is 0 Å². The molecule has 2 rings (SSSR count). The summed E-state index contributed by atoms with van der Waals surface area (Å²) in [4.78, 5) is 0.830. The first-order valence-electron chi connectivity index (χ1n) is 6.48. The van der Waals surface area contributed by atoms with Crippen LogP contribution in [0.3, 0.4) is 0 Å². The maximum atomic E-state index is 3.83. The Balaban J connectivity index is 1.77. The third-order valence-corrected chi connectivity index (χ3v) is 4.94. The Bertz CT molecular complexity index is 161. The molecule has 0 amide bonds.